The van der Waals surface area contributed by atoms with Gasteiger partial charge in [0, 0.05) is 31.1 Å². The monoisotopic (exact) mass is 388 g/mol. The molecule has 6 heteroatoms. The highest BCUT2D eigenvalue weighted by Gasteiger charge is 2.28. The number of aryl methyl sites for hydroxylation is 1. The first kappa shape index (κ1) is 19.5. The Kier molecular flexibility index (Phi) is 6.58. The molecule has 0 aromatic heterocycles. The highest BCUT2D eigenvalue weighted by molar-refractivity contribution is 6.31. The average Bonchev–Trinajstić information content (AvgIpc) is 2.72. The maximum Gasteiger partial charge on any atom is 0.223 e. The zero-order chi connectivity index (χ0) is 19.2. The topological polar surface area (TPSA) is 50.8 Å². The molecule has 0 aliphatic carbocycles. The van der Waals surface area contributed by atoms with E-state index in [1.54, 1.807) is 14.2 Å². The molecule has 0 radical (unpaired) electrons. The number of carbonyl (C=O) groups excluding carboxylic acids is 1. The van der Waals surface area contributed by atoms with Crippen LogP contribution in [-0.4, -0.2) is 44.7 Å². The van der Waals surface area contributed by atoms with Crippen LogP contribution in [0.15, 0.2) is 42.5 Å². The molecule has 1 N–H and O–H groups in total. The van der Waals surface area contributed by atoms with Gasteiger partial charge in [0.05, 0.1) is 20.3 Å². The molecule has 1 saturated heterocycles. The van der Waals surface area contributed by atoms with Gasteiger partial charge in [0.1, 0.15) is 0 Å². The Morgan fingerprint density at radius 2 is 1.96 bits per heavy atom. The minimum absolute atomic E-state index is 0.0367. The number of carbonyl (C=O) groups is 1. The van der Waals surface area contributed by atoms with Crippen LogP contribution >= 0.6 is 11.6 Å². The van der Waals surface area contributed by atoms with Crippen molar-refractivity contribution in [1.82, 2.24) is 10.2 Å². The third-order valence-corrected chi connectivity index (χ3v) is 5.25. The summed E-state index contributed by atoms with van der Waals surface area (Å²) in [6.07, 6.45) is 1.09. The summed E-state index contributed by atoms with van der Waals surface area (Å²) < 4.78 is 10.6. The van der Waals surface area contributed by atoms with E-state index in [0.29, 0.717) is 42.5 Å². The lowest BCUT2D eigenvalue weighted by molar-refractivity contribution is -0.134. The fourth-order valence-corrected chi connectivity index (χ4v) is 3.72. The van der Waals surface area contributed by atoms with Crippen molar-refractivity contribution in [3.8, 4) is 11.5 Å². The minimum atomic E-state index is -0.0367. The van der Waals surface area contributed by atoms with E-state index in [0.717, 1.165) is 17.7 Å². The van der Waals surface area contributed by atoms with Crippen LogP contribution in [0.4, 0.5) is 0 Å². The predicted octanol–water partition coefficient (Wildman–Crippen LogP) is 3.46. The number of nitrogens with zero attached hydrogens (tertiary/aromatic N) is 1. The number of benzene rings is 2. The lowest BCUT2D eigenvalue weighted by Crippen LogP contribution is -2.48. The van der Waals surface area contributed by atoms with Gasteiger partial charge in [-0.1, -0.05) is 35.9 Å². The Morgan fingerprint density at radius 1 is 1.19 bits per heavy atom. The van der Waals surface area contributed by atoms with E-state index in [4.69, 9.17) is 21.1 Å². The molecule has 1 aliphatic heterocycles. The van der Waals surface area contributed by atoms with Crippen LogP contribution in [0, 0.1) is 0 Å². The fourth-order valence-electron chi connectivity index (χ4n) is 3.46. The lowest BCUT2D eigenvalue weighted by atomic mass is 10.0. The molecule has 0 spiro atoms. The molecule has 1 unspecified atom stereocenters. The average molecular weight is 389 g/mol. The summed E-state index contributed by atoms with van der Waals surface area (Å²) in [4.78, 5) is 14.9. The molecule has 5 nitrogen and oxygen atoms in total. The van der Waals surface area contributed by atoms with E-state index in [9.17, 15) is 4.79 Å². The molecule has 3 rings (SSSR count). The quantitative estimate of drug-likeness (QED) is 0.823. The Hall–Kier alpha value is -2.24. The molecule has 0 saturated carbocycles. The van der Waals surface area contributed by atoms with Crippen molar-refractivity contribution >= 4 is 17.5 Å². The molecule has 1 atom stereocenters. The number of rotatable bonds is 6. The van der Waals surface area contributed by atoms with Crippen LogP contribution in [0.1, 0.15) is 23.6 Å². The van der Waals surface area contributed by atoms with Gasteiger partial charge >= 0.3 is 0 Å². The van der Waals surface area contributed by atoms with E-state index < -0.39 is 0 Å². The van der Waals surface area contributed by atoms with Crippen molar-refractivity contribution in [2.24, 2.45) is 0 Å². The number of piperazine rings is 1. The Morgan fingerprint density at radius 3 is 2.70 bits per heavy atom. The second kappa shape index (κ2) is 9.11. The van der Waals surface area contributed by atoms with Crippen molar-refractivity contribution < 1.29 is 14.3 Å². The van der Waals surface area contributed by atoms with Gasteiger partial charge in [0.2, 0.25) is 5.91 Å². The lowest BCUT2D eigenvalue weighted by Gasteiger charge is -2.37. The molecule has 2 aromatic rings. The zero-order valence-corrected chi connectivity index (χ0v) is 16.5. The summed E-state index contributed by atoms with van der Waals surface area (Å²) in [6, 6.07) is 13.5. The number of nitrogens with one attached hydrogen (secondary N) is 1. The molecule has 27 heavy (non-hydrogen) atoms. The molecule has 1 aliphatic rings. The van der Waals surface area contributed by atoms with E-state index >= 15 is 0 Å². The second-order valence-electron chi connectivity index (χ2n) is 6.52. The number of methoxy groups -OCH3 is 2. The van der Waals surface area contributed by atoms with Gasteiger partial charge in [-0.25, -0.2) is 0 Å². The third kappa shape index (κ3) is 4.54. The molecular weight excluding hydrogens is 364 g/mol. The van der Waals surface area contributed by atoms with Crippen LogP contribution in [0.2, 0.25) is 5.02 Å². The number of ether oxygens (including phenoxy) is 2. The summed E-state index contributed by atoms with van der Waals surface area (Å²) in [7, 11) is 3.22. The van der Waals surface area contributed by atoms with Crippen LogP contribution in [0.5, 0.6) is 11.5 Å². The molecule has 1 fully saturated rings. The number of hydrogen-bond acceptors (Lipinski definition) is 4. The van der Waals surface area contributed by atoms with Gasteiger partial charge in [0.15, 0.2) is 11.5 Å². The maximum atomic E-state index is 12.9. The van der Waals surface area contributed by atoms with Crippen molar-refractivity contribution in [2.45, 2.75) is 18.9 Å². The first-order chi connectivity index (χ1) is 13.1. The number of halogens is 1. The van der Waals surface area contributed by atoms with Gasteiger partial charge < -0.3 is 19.7 Å². The SMILES string of the molecule is COc1ccc(CCC(=O)N2CCNCC2c2ccccc2Cl)cc1OC. The standard InChI is InChI=1S/C21H25ClN2O3/c1-26-19-9-7-15(13-20(19)27-2)8-10-21(25)24-12-11-23-14-18(24)16-5-3-4-6-17(16)22/h3-7,9,13,18,23H,8,10-12,14H2,1-2H3. The van der Waals surface area contributed by atoms with Crippen molar-refractivity contribution in [1.29, 1.82) is 0 Å². The summed E-state index contributed by atoms with van der Waals surface area (Å²) in [5.74, 6) is 1.50. The first-order valence-electron chi connectivity index (χ1n) is 9.09. The fraction of sp³-hybridized carbons (Fsp3) is 0.381. The van der Waals surface area contributed by atoms with E-state index in [-0.39, 0.29) is 11.9 Å². The van der Waals surface area contributed by atoms with Crippen molar-refractivity contribution in [3.05, 3.63) is 58.6 Å². The molecule has 2 aromatic carbocycles. The normalized spacial score (nSPS) is 16.9. The van der Waals surface area contributed by atoms with Gasteiger partial charge in [0.25, 0.3) is 0 Å². The molecule has 144 valence electrons. The van der Waals surface area contributed by atoms with E-state index in [1.807, 2.05) is 47.4 Å². The number of hydrogen-bond donors (Lipinski definition) is 1. The predicted molar refractivity (Wildman–Crippen MR) is 107 cm³/mol. The maximum absolute atomic E-state index is 12.9. The summed E-state index contributed by atoms with van der Waals surface area (Å²) in [5, 5.41) is 4.06. The van der Waals surface area contributed by atoms with Crippen molar-refractivity contribution in [3.63, 3.8) is 0 Å². The van der Waals surface area contributed by atoms with Gasteiger partial charge in [-0.3, -0.25) is 4.79 Å². The van der Waals surface area contributed by atoms with E-state index in [1.165, 1.54) is 0 Å². The highest BCUT2D eigenvalue weighted by atomic mass is 35.5. The van der Waals surface area contributed by atoms with E-state index in [2.05, 4.69) is 5.32 Å². The highest BCUT2D eigenvalue weighted by Crippen LogP contribution is 2.30. The Bertz CT molecular complexity index is 797. The number of amides is 1. The zero-order valence-electron chi connectivity index (χ0n) is 15.7. The van der Waals surface area contributed by atoms with Crippen LogP contribution in [-0.2, 0) is 11.2 Å². The largest absolute Gasteiger partial charge is 0.493 e. The van der Waals surface area contributed by atoms with Gasteiger partial charge in [-0.2, -0.15) is 0 Å². The van der Waals surface area contributed by atoms with Crippen molar-refractivity contribution in [2.75, 3.05) is 33.9 Å². The summed E-state index contributed by atoms with van der Waals surface area (Å²) >= 11 is 6.37. The Balaban J connectivity index is 1.70. The minimum Gasteiger partial charge on any atom is -0.493 e. The Labute approximate surface area is 165 Å². The van der Waals surface area contributed by atoms with Crippen LogP contribution in [0.3, 0.4) is 0 Å². The summed E-state index contributed by atoms with van der Waals surface area (Å²) in [5.41, 5.74) is 2.04. The molecule has 0 bridgehead atoms. The molecule has 1 heterocycles. The molecular formula is C21H25ClN2O3. The van der Waals surface area contributed by atoms with Gasteiger partial charge in [-0.05, 0) is 35.7 Å². The third-order valence-electron chi connectivity index (χ3n) is 4.90. The molecule has 1 amide bonds. The van der Waals surface area contributed by atoms with Crippen LogP contribution in [0.25, 0.3) is 0 Å². The second-order valence-corrected chi connectivity index (χ2v) is 6.93. The first-order valence-corrected chi connectivity index (χ1v) is 9.47. The van der Waals surface area contributed by atoms with Crippen LogP contribution < -0.4 is 14.8 Å². The smallest absolute Gasteiger partial charge is 0.223 e. The van der Waals surface area contributed by atoms with Gasteiger partial charge in [-0.15, -0.1) is 0 Å². The summed E-state index contributed by atoms with van der Waals surface area (Å²) in [6.45, 7) is 2.19.